The van der Waals surface area contributed by atoms with Crippen LogP contribution in [0.25, 0.3) is 0 Å². The molecule has 0 aromatic heterocycles. The molecule has 0 nitrogen and oxygen atoms in total. The predicted octanol–water partition coefficient (Wildman–Crippen LogP) is 2.85. The Morgan fingerprint density at radius 3 is 0.739 bits per heavy atom. The second-order valence-corrected chi connectivity index (χ2v) is 5.55. The van der Waals surface area contributed by atoms with Crippen molar-refractivity contribution < 1.29 is 45.3 Å². The van der Waals surface area contributed by atoms with Crippen LogP contribution in [0.3, 0.4) is 0 Å². The molecule has 0 aliphatic rings. The number of benzene rings is 2. The zero-order valence-electron chi connectivity index (χ0n) is 11.4. The third kappa shape index (κ3) is 2.68. The smallest absolute Gasteiger partial charge is 1.00 e. The van der Waals surface area contributed by atoms with Gasteiger partial charge in [0, 0.05) is 0 Å². The van der Waals surface area contributed by atoms with Crippen molar-refractivity contribution in [2.75, 3.05) is 0 Å². The maximum absolute atomic E-state index is 13.4. The SMILES string of the molecule is Fc1c(F)c(F)[c]([Al+][c]2c(F)c(F)c(F)c(F)c2F)c(F)c1F.[H-]. The fraction of sp³-hybridized carbons (Fsp3) is 0. The van der Waals surface area contributed by atoms with Gasteiger partial charge in [-0.2, -0.15) is 0 Å². The molecule has 0 unspecified atom stereocenters. The number of hydrogen-bond acceptors (Lipinski definition) is 0. The van der Waals surface area contributed by atoms with E-state index < -0.39 is 82.2 Å². The first-order valence-electron chi connectivity index (χ1n) is 5.47. The van der Waals surface area contributed by atoms with Gasteiger partial charge >= 0.3 is 126 Å². The number of halogens is 10. The summed E-state index contributed by atoms with van der Waals surface area (Å²) in [6, 6.07) is 0. The molecule has 23 heavy (non-hydrogen) atoms. The molecule has 0 bridgehead atoms. The molecule has 0 N–H and O–H groups in total. The van der Waals surface area contributed by atoms with Crippen molar-refractivity contribution in [1.29, 1.82) is 0 Å². The van der Waals surface area contributed by atoms with E-state index in [-0.39, 0.29) is 1.43 Å². The minimum Gasteiger partial charge on any atom is -1.00 e. The van der Waals surface area contributed by atoms with Gasteiger partial charge in [0.1, 0.15) is 0 Å². The van der Waals surface area contributed by atoms with Crippen LogP contribution in [0.5, 0.6) is 0 Å². The molecule has 2 rings (SSSR count). The van der Waals surface area contributed by atoms with Gasteiger partial charge in [0.15, 0.2) is 0 Å². The van der Waals surface area contributed by atoms with Crippen molar-refractivity contribution >= 4 is 24.1 Å². The van der Waals surface area contributed by atoms with Crippen molar-refractivity contribution in [2.45, 2.75) is 0 Å². The standard InChI is InChI=1S/2C6F5.Al.H/c2*7-2-1-3(8)5(10)6(11)4(2)9;;/q;;+1;-1. The summed E-state index contributed by atoms with van der Waals surface area (Å²) >= 11 is -2.65. The van der Waals surface area contributed by atoms with E-state index in [2.05, 4.69) is 0 Å². The monoisotopic (exact) mass is 362 g/mol. The average molecular weight is 362 g/mol. The van der Waals surface area contributed by atoms with Gasteiger partial charge < -0.3 is 1.43 Å². The van der Waals surface area contributed by atoms with Crippen molar-refractivity contribution in [1.82, 2.24) is 0 Å². The largest absolute Gasteiger partial charge is 1.00 e. The Bertz CT molecular complexity index is 697. The second-order valence-electron chi connectivity index (χ2n) is 4.11. The van der Waals surface area contributed by atoms with Crippen LogP contribution in [0.15, 0.2) is 0 Å². The molecule has 2 aromatic rings. The summed E-state index contributed by atoms with van der Waals surface area (Å²) in [5.41, 5.74) is 0. The van der Waals surface area contributed by atoms with E-state index >= 15 is 0 Å². The van der Waals surface area contributed by atoms with Crippen molar-refractivity contribution in [3.63, 3.8) is 0 Å². The van der Waals surface area contributed by atoms with E-state index in [4.69, 9.17) is 0 Å². The second kappa shape index (κ2) is 6.05. The summed E-state index contributed by atoms with van der Waals surface area (Å²) in [5, 5.41) is 0. The summed E-state index contributed by atoms with van der Waals surface area (Å²) in [7, 11) is 0. The number of hydrogen-bond donors (Lipinski definition) is 0. The maximum atomic E-state index is 13.4. The van der Waals surface area contributed by atoms with Crippen LogP contribution in [0.4, 0.5) is 43.9 Å². The van der Waals surface area contributed by atoms with Gasteiger partial charge in [-0.1, -0.05) is 0 Å². The molecule has 0 fully saturated rings. The fourth-order valence-electron chi connectivity index (χ4n) is 1.64. The predicted molar refractivity (Wildman–Crippen MR) is 58.6 cm³/mol. The van der Waals surface area contributed by atoms with Crippen LogP contribution >= 0.6 is 0 Å². The van der Waals surface area contributed by atoms with Gasteiger partial charge in [0.25, 0.3) is 0 Å². The third-order valence-electron chi connectivity index (χ3n) is 2.78. The van der Waals surface area contributed by atoms with Crippen LogP contribution < -0.4 is 8.85 Å². The fourth-order valence-corrected chi connectivity index (χ4v) is 2.94. The third-order valence-corrected chi connectivity index (χ3v) is 4.37. The normalized spacial score (nSPS) is 10.9. The van der Waals surface area contributed by atoms with E-state index in [9.17, 15) is 43.9 Å². The molecule has 122 valence electrons. The Morgan fingerprint density at radius 1 is 0.348 bits per heavy atom. The molecule has 2 aromatic carbocycles. The van der Waals surface area contributed by atoms with E-state index in [0.717, 1.165) is 0 Å². The zero-order valence-corrected chi connectivity index (χ0v) is 11.5. The molecule has 0 saturated carbocycles. The van der Waals surface area contributed by atoms with Crippen LogP contribution in [0.2, 0.25) is 0 Å². The van der Waals surface area contributed by atoms with Gasteiger partial charge in [-0.25, -0.2) is 0 Å². The topological polar surface area (TPSA) is 0 Å². The van der Waals surface area contributed by atoms with E-state index in [1.54, 1.807) is 0 Å². The summed E-state index contributed by atoms with van der Waals surface area (Å²) in [6.07, 6.45) is 0. The van der Waals surface area contributed by atoms with Crippen molar-refractivity contribution in [3.8, 4) is 0 Å². The molecule has 0 heterocycles. The number of rotatable bonds is 2. The molecule has 0 aliphatic heterocycles. The molecule has 0 atom stereocenters. The molecular formula is C12HAlF10. The average Bonchev–Trinajstić information content (AvgIpc) is 2.54. The quantitative estimate of drug-likeness (QED) is 0.334. The minimum absolute atomic E-state index is 0. The first-order chi connectivity index (χ1) is 10.6. The van der Waals surface area contributed by atoms with Crippen LogP contribution in [0.1, 0.15) is 1.43 Å². The van der Waals surface area contributed by atoms with Crippen molar-refractivity contribution in [3.05, 3.63) is 58.2 Å². The Hall–Kier alpha value is -1.73. The van der Waals surface area contributed by atoms with Gasteiger partial charge in [-0.3, -0.25) is 0 Å². The molecule has 0 amide bonds. The molecular weight excluding hydrogens is 361 g/mol. The molecule has 0 radical (unpaired) electrons. The molecule has 0 aliphatic carbocycles. The first-order valence-corrected chi connectivity index (χ1v) is 6.62. The van der Waals surface area contributed by atoms with Gasteiger partial charge in [0.05, 0.1) is 0 Å². The Morgan fingerprint density at radius 2 is 0.522 bits per heavy atom. The molecule has 0 spiro atoms. The Balaban J connectivity index is 0.00000288. The summed E-state index contributed by atoms with van der Waals surface area (Å²) < 4.78 is 128. The van der Waals surface area contributed by atoms with E-state index in [0.29, 0.717) is 0 Å². The van der Waals surface area contributed by atoms with Gasteiger partial charge in [-0.05, 0) is 0 Å². The first kappa shape index (κ1) is 17.6. The zero-order chi connectivity index (χ0) is 17.6. The van der Waals surface area contributed by atoms with Crippen LogP contribution in [-0.4, -0.2) is 15.2 Å². The van der Waals surface area contributed by atoms with Gasteiger partial charge in [-0.15, -0.1) is 0 Å². The molecule has 0 saturated heterocycles. The Labute approximate surface area is 128 Å². The molecule has 11 heteroatoms. The maximum Gasteiger partial charge on any atom is -1.00 e. The van der Waals surface area contributed by atoms with Crippen LogP contribution in [-0.2, 0) is 0 Å². The minimum atomic E-state index is -2.65. The summed E-state index contributed by atoms with van der Waals surface area (Å²) in [4.78, 5) is 0. The Kier molecular flexibility index (Phi) is 4.64. The van der Waals surface area contributed by atoms with E-state index in [1.165, 1.54) is 0 Å². The summed E-state index contributed by atoms with van der Waals surface area (Å²) in [6.45, 7) is 0. The van der Waals surface area contributed by atoms with E-state index in [1.807, 2.05) is 0 Å². The van der Waals surface area contributed by atoms with Gasteiger partial charge in [0.2, 0.25) is 0 Å². The summed E-state index contributed by atoms with van der Waals surface area (Å²) in [5.74, 6) is -24.2. The van der Waals surface area contributed by atoms with Crippen LogP contribution in [0, 0.1) is 58.2 Å². The van der Waals surface area contributed by atoms with Crippen molar-refractivity contribution in [2.24, 2.45) is 0 Å².